The summed E-state index contributed by atoms with van der Waals surface area (Å²) < 4.78 is 0. The lowest BCUT2D eigenvalue weighted by Gasteiger charge is -2.00. The van der Waals surface area contributed by atoms with Gasteiger partial charge in [-0.25, -0.2) is 9.59 Å². The van der Waals surface area contributed by atoms with Crippen molar-refractivity contribution in [3.8, 4) is 0 Å². The Kier molecular flexibility index (Phi) is 3.19. The Hall–Kier alpha value is -2.44. The Labute approximate surface area is 89.1 Å². The van der Waals surface area contributed by atoms with Gasteiger partial charge in [0.2, 0.25) is 0 Å². The minimum atomic E-state index is -1.30. The van der Waals surface area contributed by atoms with Crippen molar-refractivity contribution in [1.29, 1.82) is 0 Å². The number of H-pyrrole nitrogens is 1. The van der Waals surface area contributed by atoms with Crippen LogP contribution in [0, 0.1) is 6.92 Å². The molecule has 0 saturated carbocycles. The molecule has 0 aliphatic carbocycles. The maximum absolute atomic E-state index is 11.2. The number of nitrogens with zero attached hydrogens (tertiary/aromatic N) is 1. The lowest BCUT2D eigenvalue weighted by molar-refractivity contribution is -0.131. The number of aromatic nitrogens is 2. The lowest BCUT2D eigenvalue weighted by Crippen LogP contribution is -2.19. The molecule has 0 aliphatic rings. The van der Waals surface area contributed by atoms with Gasteiger partial charge in [-0.15, -0.1) is 0 Å². The highest BCUT2D eigenvalue weighted by Gasteiger charge is 2.12. The lowest BCUT2D eigenvalue weighted by atomic mass is 10.2. The average Bonchev–Trinajstić information content (AvgIpc) is 2.19. The highest BCUT2D eigenvalue weighted by Crippen LogP contribution is 2.00. The molecule has 16 heavy (non-hydrogen) atoms. The summed E-state index contributed by atoms with van der Waals surface area (Å²) in [5, 5.41) is 17.1. The van der Waals surface area contributed by atoms with Gasteiger partial charge in [-0.3, -0.25) is 4.79 Å². The summed E-state index contributed by atoms with van der Waals surface area (Å²) in [6.45, 7) is 1.32. The van der Waals surface area contributed by atoms with Gasteiger partial charge in [-0.1, -0.05) is 0 Å². The maximum atomic E-state index is 11.2. The van der Waals surface area contributed by atoms with Gasteiger partial charge in [-0.2, -0.15) is 4.98 Å². The van der Waals surface area contributed by atoms with E-state index in [1.165, 1.54) is 6.92 Å². The molecule has 1 aromatic rings. The highest BCUT2D eigenvalue weighted by atomic mass is 16.4. The van der Waals surface area contributed by atoms with E-state index in [1.54, 1.807) is 0 Å². The van der Waals surface area contributed by atoms with E-state index in [1.807, 2.05) is 0 Å². The summed E-state index contributed by atoms with van der Waals surface area (Å²) in [6.07, 6.45) is 1.76. The monoisotopic (exact) mass is 224 g/mol. The second-order valence-electron chi connectivity index (χ2n) is 2.90. The Morgan fingerprint density at radius 3 is 2.50 bits per heavy atom. The molecule has 0 amide bonds. The minimum absolute atomic E-state index is 0.0278. The third-order valence-corrected chi connectivity index (χ3v) is 1.77. The van der Waals surface area contributed by atoms with Crippen LogP contribution in [-0.4, -0.2) is 32.1 Å². The molecule has 1 rings (SSSR count). The molecule has 0 saturated heterocycles. The summed E-state index contributed by atoms with van der Waals surface area (Å²) in [5.41, 5.74) is -1.04. The van der Waals surface area contributed by atoms with Crippen molar-refractivity contribution >= 4 is 18.0 Å². The maximum Gasteiger partial charge on any atom is 0.352 e. The zero-order chi connectivity index (χ0) is 12.3. The highest BCUT2D eigenvalue weighted by molar-refractivity contribution is 5.87. The van der Waals surface area contributed by atoms with Crippen molar-refractivity contribution in [2.24, 2.45) is 0 Å². The number of carboxylic acids is 2. The van der Waals surface area contributed by atoms with Crippen LogP contribution in [0.25, 0.3) is 6.08 Å². The van der Waals surface area contributed by atoms with Gasteiger partial charge in [0.25, 0.3) is 5.56 Å². The van der Waals surface area contributed by atoms with Gasteiger partial charge in [-0.05, 0) is 13.0 Å². The third-order valence-electron chi connectivity index (χ3n) is 1.77. The first-order chi connectivity index (χ1) is 7.41. The van der Waals surface area contributed by atoms with Crippen molar-refractivity contribution in [2.75, 3.05) is 0 Å². The van der Waals surface area contributed by atoms with E-state index in [9.17, 15) is 14.4 Å². The van der Waals surface area contributed by atoms with Crippen LogP contribution in [0.5, 0.6) is 0 Å². The summed E-state index contributed by atoms with van der Waals surface area (Å²) in [7, 11) is 0. The van der Waals surface area contributed by atoms with E-state index >= 15 is 0 Å². The molecule has 1 heterocycles. The van der Waals surface area contributed by atoms with Crippen LogP contribution in [0.3, 0.4) is 0 Å². The number of hydrogen-bond donors (Lipinski definition) is 3. The number of carboxylic acid groups (broad SMARTS) is 2. The topological polar surface area (TPSA) is 120 Å². The van der Waals surface area contributed by atoms with Gasteiger partial charge in [0.1, 0.15) is 11.5 Å². The van der Waals surface area contributed by atoms with Crippen molar-refractivity contribution in [3.63, 3.8) is 0 Å². The number of nitrogens with one attached hydrogen (secondary N) is 1. The Morgan fingerprint density at radius 1 is 1.38 bits per heavy atom. The predicted molar refractivity (Wildman–Crippen MR) is 53.2 cm³/mol. The molecule has 0 bridgehead atoms. The SMILES string of the molecule is Cc1c(C(=O)O)[nH]c(/C=C/C(=O)O)nc1=O. The van der Waals surface area contributed by atoms with Gasteiger partial charge >= 0.3 is 11.9 Å². The Bertz CT molecular complexity index is 529. The molecule has 0 radical (unpaired) electrons. The summed E-state index contributed by atoms with van der Waals surface area (Å²) in [4.78, 5) is 38.0. The molecule has 0 unspecified atom stereocenters. The number of aliphatic carboxylic acids is 1. The molecule has 84 valence electrons. The third kappa shape index (κ3) is 2.53. The fraction of sp³-hybridized carbons (Fsp3) is 0.111. The molecular formula is C9H8N2O5. The quantitative estimate of drug-likeness (QED) is 0.615. The predicted octanol–water partition coefficient (Wildman–Crippen LogP) is -0.126. The Morgan fingerprint density at radius 2 is 2.00 bits per heavy atom. The van der Waals surface area contributed by atoms with E-state index in [0.717, 1.165) is 12.2 Å². The summed E-state index contributed by atoms with van der Waals surface area (Å²) in [6, 6.07) is 0. The van der Waals surface area contributed by atoms with E-state index in [4.69, 9.17) is 10.2 Å². The van der Waals surface area contributed by atoms with Gasteiger partial charge < -0.3 is 15.2 Å². The number of carbonyl (C=O) groups is 2. The largest absolute Gasteiger partial charge is 0.478 e. The summed E-state index contributed by atoms with van der Waals surface area (Å²) in [5.74, 6) is -2.64. The fourth-order valence-electron chi connectivity index (χ4n) is 0.993. The zero-order valence-corrected chi connectivity index (χ0v) is 8.22. The number of aromatic amines is 1. The standard InChI is InChI=1S/C9H8N2O5/c1-4-7(9(15)16)10-5(11-8(4)14)2-3-6(12)13/h2-3H,1H3,(H,12,13)(H,15,16)(H,10,11,14)/b3-2+. The van der Waals surface area contributed by atoms with E-state index < -0.39 is 17.5 Å². The molecule has 0 atom stereocenters. The van der Waals surface area contributed by atoms with Crippen LogP contribution in [-0.2, 0) is 4.79 Å². The van der Waals surface area contributed by atoms with E-state index in [0.29, 0.717) is 0 Å². The molecule has 3 N–H and O–H groups in total. The molecular weight excluding hydrogens is 216 g/mol. The van der Waals surface area contributed by atoms with Crippen LogP contribution >= 0.6 is 0 Å². The fourth-order valence-corrected chi connectivity index (χ4v) is 0.993. The van der Waals surface area contributed by atoms with Gasteiger partial charge in [0.15, 0.2) is 0 Å². The van der Waals surface area contributed by atoms with Crippen molar-refractivity contribution in [2.45, 2.75) is 6.92 Å². The Balaban J connectivity index is 3.30. The first-order valence-electron chi connectivity index (χ1n) is 4.17. The molecule has 0 aromatic carbocycles. The molecule has 7 heteroatoms. The molecule has 0 fully saturated rings. The van der Waals surface area contributed by atoms with E-state index in [-0.39, 0.29) is 17.1 Å². The van der Waals surface area contributed by atoms with Crippen LogP contribution in [0.1, 0.15) is 21.9 Å². The number of aromatic carboxylic acids is 1. The van der Waals surface area contributed by atoms with Gasteiger partial charge in [0, 0.05) is 11.6 Å². The molecule has 1 aromatic heterocycles. The van der Waals surface area contributed by atoms with Gasteiger partial charge in [0.05, 0.1) is 0 Å². The zero-order valence-electron chi connectivity index (χ0n) is 8.22. The van der Waals surface area contributed by atoms with Crippen LogP contribution in [0.15, 0.2) is 10.9 Å². The van der Waals surface area contributed by atoms with Crippen LogP contribution < -0.4 is 5.56 Å². The van der Waals surface area contributed by atoms with Crippen LogP contribution in [0.2, 0.25) is 0 Å². The second-order valence-corrected chi connectivity index (χ2v) is 2.90. The molecule has 0 spiro atoms. The van der Waals surface area contributed by atoms with Crippen molar-refractivity contribution in [1.82, 2.24) is 9.97 Å². The van der Waals surface area contributed by atoms with Crippen molar-refractivity contribution < 1.29 is 19.8 Å². The normalized spacial score (nSPS) is 10.6. The molecule has 0 aliphatic heterocycles. The van der Waals surface area contributed by atoms with Crippen LogP contribution in [0.4, 0.5) is 0 Å². The minimum Gasteiger partial charge on any atom is -0.478 e. The second kappa shape index (κ2) is 4.39. The number of hydrogen-bond acceptors (Lipinski definition) is 4. The molecule has 7 nitrogen and oxygen atoms in total. The van der Waals surface area contributed by atoms with E-state index in [2.05, 4.69) is 9.97 Å². The first kappa shape index (κ1) is 11.6. The first-order valence-corrected chi connectivity index (χ1v) is 4.17. The smallest absolute Gasteiger partial charge is 0.352 e. The summed E-state index contributed by atoms with van der Waals surface area (Å²) >= 11 is 0. The van der Waals surface area contributed by atoms with Crippen molar-refractivity contribution in [3.05, 3.63) is 33.5 Å². The number of rotatable bonds is 3. The average molecular weight is 224 g/mol.